The molecule has 190 valence electrons. The molecular weight excluding hydrogens is 484 g/mol. The van der Waals surface area contributed by atoms with Crippen LogP contribution in [0.15, 0.2) is 52.3 Å². The minimum atomic E-state index is -3.77. The van der Waals surface area contributed by atoms with Crippen LogP contribution in [0.25, 0.3) is 0 Å². The standard InChI is InChI=1S/C26H34N2O5S2/c1-5-6-10-20-17-28(19-11-8-7-9-12-19)21-15-23(34-4)22(16-24(21)35(30,31)27(20)2)33-18-26(13-14-26)25(29)32-3/h7-9,11-12,15-16,20H,5-6,10,13-14,17-18H2,1-4H3/t20-/m1/s1. The number of para-hydroxylation sites is 1. The first-order chi connectivity index (χ1) is 16.8. The lowest BCUT2D eigenvalue weighted by molar-refractivity contribution is -0.148. The molecule has 0 N–H and O–H groups in total. The van der Waals surface area contributed by atoms with E-state index < -0.39 is 15.4 Å². The highest BCUT2D eigenvalue weighted by Crippen LogP contribution is 2.48. The molecule has 2 aromatic carbocycles. The predicted molar refractivity (Wildman–Crippen MR) is 139 cm³/mol. The number of fused-ring (bicyclic) bond motifs is 1. The van der Waals surface area contributed by atoms with Crippen LogP contribution in [-0.4, -0.2) is 58.3 Å². The fraction of sp³-hybridized carbons (Fsp3) is 0.500. The average molecular weight is 519 g/mol. The van der Waals surface area contributed by atoms with Crippen LogP contribution < -0.4 is 9.64 Å². The molecule has 1 saturated carbocycles. The summed E-state index contributed by atoms with van der Waals surface area (Å²) < 4.78 is 40.3. The molecule has 0 radical (unpaired) electrons. The van der Waals surface area contributed by atoms with Crippen molar-refractivity contribution in [2.45, 2.75) is 54.9 Å². The molecule has 0 amide bonds. The number of likely N-dealkylation sites (N-methyl/N-ethyl adjacent to an activating group) is 1. The number of esters is 1. The SMILES string of the molecule is CCCC[C@@H]1CN(c2ccccc2)c2cc(SC)c(OCC3(C(=O)OC)CC3)cc2S(=O)(=O)N1C. The van der Waals surface area contributed by atoms with Crippen LogP contribution in [0.2, 0.25) is 0 Å². The van der Waals surface area contributed by atoms with Crippen LogP contribution in [0.4, 0.5) is 11.4 Å². The van der Waals surface area contributed by atoms with E-state index in [4.69, 9.17) is 9.47 Å². The summed E-state index contributed by atoms with van der Waals surface area (Å²) >= 11 is 1.50. The Morgan fingerprint density at radius 3 is 2.51 bits per heavy atom. The van der Waals surface area contributed by atoms with Crippen molar-refractivity contribution in [3.63, 3.8) is 0 Å². The molecule has 0 unspecified atom stereocenters. The molecule has 1 heterocycles. The van der Waals surface area contributed by atoms with E-state index in [0.29, 0.717) is 30.8 Å². The Labute approximate surface area is 212 Å². The molecule has 1 aliphatic heterocycles. The quantitative estimate of drug-likeness (QED) is 0.339. The molecule has 7 nitrogen and oxygen atoms in total. The molecule has 0 spiro atoms. The molecule has 1 aliphatic carbocycles. The second-order valence-corrected chi connectivity index (χ2v) is 12.1. The number of carbonyl (C=O) groups excluding carboxylic acids is 1. The number of anilines is 2. The van der Waals surface area contributed by atoms with Gasteiger partial charge in [0.15, 0.2) is 0 Å². The molecule has 2 aromatic rings. The van der Waals surface area contributed by atoms with Gasteiger partial charge in [-0.3, -0.25) is 4.79 Å². The lowest BCUT2D eigenvalue weighted by atomic mass is 10.1. The zero-order valence-corrected chi connectivity index (χ0v) is 22.5. The number of rotatable bonds is 9. The summed E-state index contributed by atoms with van der Waals surface area (Å²) in [4.78, 5) is 15.4. The molecule has 4 rings (SSSR count). The number of methoxy groups -OCH3 is 1. The summed E-state index contributed by atoms with van der Waals surface area (Å²) in [6, 6.07) is 13.3. The van der Waals surface area contributed by atoms with Crippen LogP contribution in [-0.2, 0) is 19.6 Å². The molecule has 2 aliphatic rings. The van der Waals surface area contributed by atoms with Crippen molar-refractivity contribution in [2.75, 3.05) is 38.5 Å². The van der Waals surface area contributed by atoms with E-state index in [2.05, 4.69) is 11.8 Å². The Bertz CT molecular complexity index is 1170. The lowest BCUT2D eigenvalue weighted by Crippen LogP contribution is -2.40. The van der Waals surface area contributed by atoms with Crippen LogP contribution in [0.5, 0.6) is 5.75 Å². The van der Waals surface area contributed by atoms with Crippen molar-refractivity contribution < 1.29 is 22.7 Å². The highest BCUT2D eigenvalue weighted by atomic mass is 32.2. The maximum Gasteiger partial charge on any atom is 0.315 e. The number of carbonyl (C=O) groups is 1. The van der Waals surface area contributed by atoms with Crippen molar-refractivity contribution in [3.8, 4) is 5.75 Å². The summed E-state index contributed by atoms with van der Waals surface area (Å²) in [5.74, 6) is 0.197. The summed E-state index contributed by atoms with van der Waals surface area (Å²) in [7, 11) is -0.717. The van der Waals surface area contributed by atoms with Gasteiger partial charge >= 0.3 is 5.97 Å². The second kappa shape index (κ2) is 10.4. The van der Waals surface area contributed by atoms with Gasteiger partial charge in [-0.2, -0.15) is 4.31 Å². The molecule has 0 saturated heterocycles. The summed E-state index contributed by atoms with van der Waals surface area (Å²) in [6.07, 6.45) is 6.09. The van der Waals surface area contributed by atoms with Crippen molar-refractivity contribution in [1.82, 2.24) is 4.31 Å². The Balaban J connectivity index is 1.80. The van der Waals surface area contributed by atoms with Gasteiger partial charge in [0.1, 0.15) is 22.7 Å². The van der Waals surface area contributed by atoms with Crippen molar-refractivity contribution >= 4 is 39.1 Å². The Morgan fingerprint density at radius 2 is 1.91 bits per heavy atom. The zero-order valence-electron chi connectivity index (χ0n) is 20.8. The van der Waals surface area contributed by atoms with Crippen LogP contribution in [0.1, 0.15) is 39.0 Å². The van der Waals surface area contributed by atoms with Crippen molar-refractivity contribution in [3.05, 3.63) is 42.5 Å². The topological polar surface area (TPSA) is 76.1 Å². The maximum absolute atomic E-state index is 13.9. The van der Waals surface area contributed by atoms with Gasteiger partial charge in [-0.05, 0) is 43.7 Å². The highest BCUT2D eigenvalue weighted by molar-refractivity contribution is 7.98. The number of benzene rings is 2. The first-order valence-corrected chi connectivity index (χ1v) is 14.7. The smallest absolute Gasteiger partial charge is 0.315 e. The van der Waals surface area contributed by atoms with Crippen LogP contribution >= 0.6 is 11.8 Å². The van der Waals surface area contributed by atoms with Gasteiger partial charge in [0.2, 0.25) is 10.0 Å². The normalized spacial score (nSPS) is 20.6. The monoisotopic (exact) mass is 518 g/mol. The van der Waals surface area contributed by atoms with Gasteiger partial charge in [-0.25, -0.2) is 8.42 Å². The Morgan fingerprint density at radius 1 is 1.20 bits per heavy atom. The summed E-state index contributed by atoms with van der Waals surface area (Å²) in [5.41, 5.74) is 0.964. The van der Waals surface area contributed by atoms with Gasteiger partial charge in [-0.1, -0.05) is 38.0 Å². The molecule has 9 heteroatoms. The number of nitrogens with zero attached hydrogens (tertiary/aromatic N) is 2. The van der Waals surface area contributed by atoms with Gasteiger partial charge in [-0.15, -0.1) is 11.8 Å². The number of ether oxygens (including phenoxy) is 2. The summed E-state index contributed by atoms with van der Waals surface area (Å²) in [6.45, 7) is 2.85. The number of unbranched alkanes of at least 4 members (excludes halogenated alkanes) is 1. The fourth-order valence-electron chi connectivity index (χ4n) is 4.55. The van der Waals surface area contributed by atoms with E-state index in [1.54, 1.807) is 13.1 Å². The van der Waals surface area contributed by atoms with Gasteiger partial charge in [0.25, 0.3) is 0 Å². The molecular formula is C26H34N2O5S2. The van der Waals surface area contributed by atoms with E-state index in [-0.39, 0.29) is 23.5 Å². The van der Waals surface area contributed by atoms with Gasteiger partial charge < -0.3 is 14.4 Å². The third-order valence-electron chi connectivity index (χ3n) is 7.04. The molecule has 35 heavy (non-hydrogen) atoms. The first kappa shape index (κ1) is 25.9. The van der Waals surface area contributed by atoms with Gasteiger partial charge in [0.05, 0.1) is 17.7 Å². The number of sulfonamides is 1. The highest BCUT2D eigenvalue weighted by Gasteiger charge is 2.52. The predicted octanol–water partition coefficient (Wildman–Crippen LogP) is 5.07. The van der Waals surface area contributed by atoms with E-state index in [9.17, 15) is 13.2 Å². The first-order valence-electron chi connectivity index (χ1n) is 12.0. The van der Waals surface area contributed by atoms with E-state index in [0.717, 1.165) is 29.8 Å². The third kappa shape index (κ3) is 5.04. The van der Waals surface area contributed by atoms with Crippen LogP contribution in [0.3, 0.4) is 0 Å². The molecule has 0 bridgehead atoms. The van der Waals surface area contributed by atoms with Crippen molar-refractivity contribution in [2.24, 2.45) is 5.41 Å². The Hall–Kier alpha value is -2.23. The maximum atomic E-state index is 13.9. The van der Waals surface area contributed by atoms with E-state index >= 15 is 0 Å². The van der Waals surface area contributed by atoms with E-state index in [1.807, 2.05) is 42.7 Å². The van der Waals surface area contributed by atoms with Crippen molar-refractivity contribution in [1.29, 1.82) is 0 Å². The molecule has 1 fully saturated rings. The number of hydrogen-bond donors (Lipinski definition) is 0. The minimum absolute atomic E-state index is 0.163. The summed E-state index contributed by atoms with van der Waals surface area (Å²) in [5, 5.41) is 0. The van der Waals surface area contributed by atoms with E-state index in [1.165, 1.54) is 23.2 Å². The van der Waals surface area contributed by atoms with Crippen LogP contribution in [0, 0.1) is 5.41 Å². The Kier molecular flexibility index (Phi) is 7.68. The molecule has 0 aromatic heterocycles. The minimum Gasteiger partial charge on any atom is -0.491 e. The zero-order chi connectivity index (χ0) is 25.2. The number of hydrogen-bond acceptors (Lipinski definition) is 7. The number of thioether (sulfide) groups is 1. The largest absolute Gasteiger partial charge is 0.491 e. The fourth-order valence-corrected chi connectivity index (χ4v) is 6.66. The molecule has 1 atom stereocenters. The average Bonchev–Trinajstić information content (AvgIpc) is 3.68. The van der Waals surface area contributed by atoms with Gasteiger partial charge in [0, 0.05) is 31.4 Å². The third-order valence-corrected chi connectivity index (χ3v) is 9.73. The lowest BCUT2D eigenvalue weighted by Gasteiger charge is -2.29. The second-order valence-electron chi connectivity index (χ2n) is 9.29.